The maximum absolute atomic E-state index is 12.9. The molecule has 2 fully saturated rings. The van der Waals surface area contributed by atoms with E-state index < -0.39 is 0 Å². The number of piperidine rings is 1. The summed E-state index contributed by atoms with van der Waals surface area (Å²) in [6.07, 6.45) is 7.45. The van der Waals surface area contributed by atoms with E-state index in [1.165, 1.54) is 6.42 Å². The molecule has 2 N–H and O–H groups in total. The van der Waals surface area contributed by atoms with Gasteiger partial charge in [0.1, 0.15) is 11.4 Å². The fraction of sp³-hybridized carbons (Fsp3) is 0.571. The minimum absolute atomic E-state index is 0.0693. The Morgan fingerprint density at radius 1 is 1.11 bits per heavy atom. The normalized spacial score (nSPS) is 22.7. The second kappa shape index (κ2) is 11.1. The highest BCUT2D eigenvalue weighted by atomic mass is 16.5. The van der Waals surface area contributed by atoms with Gasteiger partial charge < -0.3 is 30.1 Å². The molecule has 2 aromatic rings. The minimum atomic E-state index is -0.0974. The van der Waals surface area contributed by atoms with Crippen LogP contribution in [0.5, 0.6) is 5.75 Å². The van der Waals surface area contributed by atoms with Crippen LogP contribution in [0.3, 0.4) is 0 Å². The molecule has 1 aromatic carbocycles. The van der Waals surface area contributed by atoms with Gasteiger partial charge in [-0.3, -0.25) is 9.59 Å². The molecule has 3 heterocycles. The van der Waals surface area contributed by atoms with E-state index in [9.17, 15) is 9.59 Å². The highest BCUT2D eigenvalue weighted by Crippen LogP contribution is 2.38. The minimum Gasteiger partial charge on any atom is -0.495 e. The molecule has 0 spiro atoms. The molecule has 204 valence electrons. The van der Waals surface area contributed by atoms with Crippen LogP contribution < -0.4 is 25.2 Å². The molecular formula is C28H39N7O3. The van der Waals surface area contributed by atoms with Gasteiger partial charge in [0.25, 0.3) is 5.91 Å². The Morgan fingerprint density at radius 2 is 1.89 bits per heavy atom. The summed E-state index contributed by atoms with van der Waals surface area (Å²) in [7, 11) is 5.48. The monoisotopic (exact) mass is 521 g/mol. The Kier molecular flexibility index (Phi) is 7.69. The van der Waals surface area contributed by atoms with Crippen LogP contribution in [0.2, 0.25) is 0 Å². The molecule has 2 amide bonds. The zero-order valence-corrected chi connectivity index (χ0v) is 22.9. The summed E-state index contributed by atoms with van der Waals surface area (Å²) >= 11 is 0. The van der Waals surface area contributed by atoms with Crippen molar-refractivity contribution in [2.75, 3.05) is 56.0 Å². The van der Waals surface area contributed by atoms with Gasteiger partial charge in [-0.15, -0.1) is 0 Å². The van der Waals surface area contributed by atoms with Gasteiger partial charge in [0.15, 0.2) is 5.82 Å². The number of nitrogens with zero attached hydrogens (tertiary/aromatic N) is 5. The van der Waals surface area contributed by atoms with E-state index in [1.54, 1.807) is 37.4 Å². The van der Waals surface area contributed by atoms with Gasteiger partial charge in [-0.1, -0.05) is 6.92 Å². The maximum Gasteiger partial charge on any atom is 0.251 e. The third-order valence-corrected chi connectivity index (χ3v) is 8.20. The Bertz CT molecular complexity index is 1180. The van der Waals surface area contributed by atoms with Gasteiger partial charge in [0.05, 0.1) is 19.0 Å². The number of benzene rings is 1. The molecule has 0 radical (unpaired) electrons. The molecule has 1 aliphatic carbocycles. The summed E-state index contributed by atoms with van der Waals surface area (Å²) in [5.74, 6) is 2.37. The number of ether oxygens (including phenoxy) is 1. The van der Waals surface area contributed by atoms with Crippen LogP contribution in [0.4, 0.5) is 23.1 Å². The van der Waals surface area contributed by atoms with E-state index in [4.69, 9.17) is 9.72 Å². The van der Waals surface area contributed by atoms with Gasteiger partial charge in [-0.25, -0.2) is 4.98 Å². The number of hydrogen-bond donors (Lipinski definition) is 2. The summed E-state index contributed by atoms with van der Waals surface area (Å²) in [4.78, 5) is 41.2. The second-order valence-electron chi connectivity index (χ2n) is 11.0. The molecule has 38 heavy (non-hydrogen) atoms. The van der Waals surface area contributed by atoms with Crippen LogP contribution in [-0.4, -0.2) is 79.6 Å². The van der Waals surface area contributed by atoms with Gasteiger partial charge in [0.2, 0.25) is 11.9 Å². The van der Waals surface area contributed by atoms with Crippen molar-refractivity contribution in [1.82, 2.24) is 20.2 Å². The largest absolute Gasteiger partial charge is 0.495 e. The average molecular weight is 522 g/mol. The molecule has 2 unspecified atom stereocenters. The van der Waals surface area contributed by atoms with Gasteiger partial charge in [0, 0.05) is 37.7 Å². The molecule has 0 bridgehead atoms. The first kappa shape index (κ1) is 26.2. The number of fused-ring (bicyclic) bond motifs is 1. The zero-order chi connectivity index (χ0) is 26.8. The Labute approximate surface area is 224 Å². The van der Waals surface area contributed by atoms with Crippen LogP contribution in [0, 0.1) is 5.92 Å². The SMILES string of the molecule is COc1cc(C(=O)NC2CCN(C)CC2)ccc1Nc1ncc2c(n1)N(C1CCC(C)C1)CCC(=O)N2C. The van der Waals surface area contributed by atoms with Crippen molar-refractivity contribution in [2.45, 2.75) is 57.5 Å². The fourth-order valence-corrected chi connectivity index (χ4v) is 5.79. The third kappa shape index (κ3) is 5.55. The van der Waals surface area contributed by atoms with E-state index >= 15 is 0 Å². The lowest BCUT2D eigenvalue weighted by Crippen LogP contribution is -2.43. The number of carbonyl (C=O) groups is 2. The standard InChI is InChI=1S/C28H39N7O3/c1-18-5-7-21(15-18)35-14-11-25(36)34(3)23-17-29-28(32-26(23)35)31-22-8-6-19(16-24(22)38-4)27(37)30-20-9-12-33(2)13-10-20/h6,8,16-18,20-21H,5,7,9-15H2,1-4H3,(H,30,37)(H,29,31,32). The summed E-state index contributed by atoms with van der Waals surface area (Å²) in [5.41, 5.74) is 1.95. The van der Waals surface area contributed by atoms with Crippen molar-refractivity contribution in [3.05, 3.63) is 30.0 Å². The summed E-state index contributed by atoms with van der Waals surface area (Å²) in [6.45, 7) is 4.90. The van der Waals surface area contributed by atoms with Crippen molar-refractivity contribution in [1.29, 1.82) is 0 Å². The first-order valence-corrected chi connectivity index (χ1v) is 13.7. The van der Waals surface area contributed by atoms with Crippen molar-refractivity contribution in [2.24, 2.45) is 5.92 Å². The first-order chi connectivity index (χ1) is 18.3. The maximum atomic E-state index is 12.9. The number of nitrogens with one attached hydrogen (secondary N) is 2. The smallest absolute Gasteiger partial charge is 0.251 e. The van der Waals surface area contributed by atoms with Gasteiger partial charge in [-0.05, 0) is 76.4 Å². The Morgan fingerprint density at radius 3 is 2.61 bits per heavy atom. The van der Waals surface area contributed by atoms with E-state index in [0.29, 0.717) is 47.9 Å². The lowest BCUT2D eigenvalue weighted by molar-refractivity contribution is -0.118. The highest BCUT2D eigenvalue weighted by Gasteiger charge is 2.33. The van der Waals surface area contributed by atoms with Crippen molar-refractivity contribution in [3.63, 3.8) is 0 Å². The number of amides is 2. The quantitative estimate of drug-likeness (QED) is 0.596. The van der Waals surface area contributed by atoms with Crippen molar-refractivity contribution >= 4 is 35.0 Å². The number of carbonyl (C=O) groups excluding carboxylic acids is 2. The molecule has 2 aliphatic heterocycles. The number of anilines is 4. The first-order valence-electron chi connectivity index (χ1n) is 13.7. The number of methoxy groups -OCH3 is 1. The number of rotatable bonds is 6. The number of likely N-dealkylation sites (tertiary alicyclic amines) is 1. The highest BCUT2D eigenvalue weighted by molar-refractivity contribution is 5.97. The topological polar surface area (TPSA) is 103 Å². The van der Waals surface area contributed by atoms with Crippen LogP contribution in [-0.2, 0) is 4.79 Å². The number of hydrogen-bond acceptors (Lipinski definition) is 8. The molecule has 2 atom stereocenters. The van der Waals surface area contributed by atoms with Crippen LogP contribution in [0.25, 0.3) is 0 Å². The molecule has 1 saturated heterocycles. The van der Waals surface area contributed by atoms with Crippen molar-refractivity contribution in [3.8, 4) is 5.75 Å². The molecule has 5 rings (SSSR count). The summed E-state index contributed by atoms with van der Waals surface area (Å²) in [5, 5.41) is 6.43. The number of aromatic nitrogens is 2. The van der Waals surface area contributed by atoms with Crippen LogP contribution in [0.15, 0.2) is 24.4 Å². The van der Waals surface area contributed by atoms with Crippen LogP contribution in [0.1, 0.15) is 55.8 Å². The predicted octanol–water partition coefficient (Wildman–Crippen LogP) is 3.41. The molecule has 1 aromatic heterocycles. The molecule has 1 saturated carbocycles. The third-order valence-electron chi connectivity index (χ3n) is 8.20. The van der Waals surface area contributed by atoms with Gasteiger partial charge in [-0.2, -0.15) is 4.98 Å². The van der Waals surface area contributed by atoms with E-state index in [-0.39, 0.29) is 17.9 Å². The molecule has 3 aliphatic rings. The van der Waals surface area contributed by atoms with Gasteiger partial charge >= 0.3 is 0 Å². The molecule has 10 heteroatoms. The summed E-state index contributed by atoms with van der Waals surface area (Å²) < 4.78 is 5.62. The van der Waals surface area contributed by atoms with Crippen LogP contribution >= 0.6 is 0 Å². The van der Waals surface area contributed by atoms with E-state index in [0.717, 1.165) is 50.3 Å². The Hall–Kier alpha value is -3.40. The van der Waals surface area contributed by atoms with E-state index in [1.807, 2.05) is 6.07 Å². The molecular weight excluding hydrogens is 482 g/mol. The fourth-order valence-electron chi connectivity index (χ4n) is 5.79. The summed E-state index contributed by atoms with van der Waals surface area (Å²) in [6, 6.07) is 5.91. The van der Waals surface area contributed by atoms with Crippen molar-refractivity contribution < 1.29 is 14.3 Å². The molecule has 10 nitrogen and oxygen atoms in total. The second-order valence-corrected chi connectivity index (χ2v) is 11.0. The van der Waals surface area contributed by atoms with E-state index in [2.05, 4.69) is 39.4 Å². The lowest BCUT2D eigenvalue weighted by Gasteiger charge is -2.30. The average Bonchev–Trinajstić information content (AvgIpc) is 3.30. The Balaban J connectivity index is 1.36. The lowest BCUT2D eigenvalue weighted by atomic mass is 10.0. The zero-order valence-electron chi connectivity index (χ0n) is 22.9. The predicted molar refractivity (Wildman–Crippen MR) is 148 cm³/mol.